The van der Waals surface area contributed by atoms with Crippen molar-refractivity contribution >= 4 is 5.91 Å². The van der Waals surface area contributed by atoms with E-state index in [1.54, 1.807) is 0 Å². The van der Waals surface area contributed by atoms with Crippen molar-refractivity contribution in [3.63, 3.8) is 0 Å². The fourth-order valence-corrected chi connectivity index (χ4v) is 2.32. The number of carbonyl (C=O) groups excluding carboxylic acids is 1. The van der Waals surface area contributed by atoms with Crippen molar-refractivity contribution in [2.75, 3.05) is 13.1 Å². The van der Waals surface area contributed by atoms with Crippen LogP contribution in [0.3, 0.4) is 0 Å². The van der Waals surface area contributed by atoms with E-state index in [-0.39, 0.29) is 0 Å². The minimum Gasteiger partial charge on any atom is -0.342 e. The van der Waals surface area contributed by atoms with Crippen molar-refractivity contribution in [2.45, 2.75) is 47.0 Å². The molecule has 82 valence electrons. The second-order valence-corrected chi connectivity index (χ2v) is 5.61. The SMILES string of the molecule is CCC(=O)N1CCC(CC(C)(C)C)C1. The van der Waals surface area contributed by atoms with Crippen molar-refractivity contribution in [1.82, 2.24) is 4.90 Å². The molecule has 14 heavy (non-hydrogen) atoms. The molecule has 0 radical (unpaired) electrons. The maximum absolute atomic E-state index is 11.5. The lowest BCUT2D eigenvalue weighted by Gasteiger charge is -2.23. The summed E-state index contributed by atoms with van der Waals surface area (Å²) in [5.74, 6) is 1.05. The van der Waals surface area contributed by atoms with Gasteiger partial charge in [-0.05, 0) is 24.2 Å². The summed E-state index contributed by atoms with van der Waals surface area (Å²) in [6.07, 6.45) is 3.09. The van der Waals surface area contributed by atoms with Crippen LogP contribution in [0.25, 0.3) is 0 Å². The van der Waals surface area contributed by atoms with E-state index in [9.17, 15) is 4.79 Å². The third-order valence-corrected chi connectivity index (χ3v) is 2.84. The van der Waals surface area contributed by atoms with Crippen LogP contribution in [0.15, 0.2) is 0 Å². The molecule has 0 saturated carbocycles. The van der Waals surface area contributed by atoms with Crippen LogP contribution in [-0.4, -0.2) is 23.9 Å². The molecular weight excluding hydrogens is 174 g/mol. The van der Waals surface area contributed by atoms with Crippen molar-refractivity contribution < 1.29 is 4.79 Å². The van der Waals surface area contributed by atoms with Gasteiger partial charge in [0.05, 0.1) is 0 Å². The lowest BCUT2D eigenvalue weighted by Crippen LogP contribution is -2.28. The number of rotatable bonds is 2. The van der Waals surface area contributed by atoms with E-state index in [1.807, 2.05) is 11.8 Å². The van der Waals surface area contributed by atoms with Crippen LogP contribution >= 0.6 is 0 Å². The third-order valence-electron chi connectivity index (χ3n) is 2.84. The molecule has 0 aromatic rings. The third kappa shape index (κ3) is 3.32. The first-order valence-corrected chi connectivity index (χ1v) is 5.70. The summed E-state index contributed by atoms with van der Waals surface area (Å²) in [6, 6.07) is 0. The Morgan fingerprint density at radius 2 is 2.07 bits per heavy atom. The Bertz CT molecular complexity index is 205. The summed E-state index contributed by atoms with van der Waals surface area (Å²) in [5.41, 5.74) is 0.399. The number of hydrogen-bond acceptors (Lipinski definition) is 1. The minimum absolute atomic E-state index is 0.321. The summed E-state index contributed by atoms with van der Waals surface area (Å²) < 4.78 is 0. The number of likely N-dealkylation sites (tertiary alicyclic amines) is 1. The molecule has 0 N–H and O–H groups in total. The summed E-state index contributed by atoms with van der Waals surface area (Å²) in [6.45, 7) is 10.7. The smallest absolute Gasteiger partial charge is 0.222 e. The highest BCUT2D eigenvalue weighted by molar-refractivity contribution is 5.76. The summed E-state index contributed by atoms with van der Waals surface area (Å²) in [5, 5.41) is 0. The van der Waals surface area contributed by atoms with Gasteiger partial charge in [-0.2, -0.15) is 0 Å². The molecular formula is C12H23NO. The molecule has 0 spiro atoms. The van der Waals surface area contributed by atoms with Gasteiger partial charge in [0, 0.05) is 19.5 Å². The van der Waals surface area contributed by atoms with Crippen LogP contribution < -0.4 is 0 Å². The molecule has 1 heterocycles. The molecule has 1 unspecified atom stereocenters. The molecule has 2 nitrogen and oxygen atoms in total. The van der Waals surface area contributed by atoms with E-state index in [4.69, 9.17) is 0 Å². The van der Waals surface area contributed by atoms with E-state index >= 15 is 0 Å². The first-order chi connectivity index (χ1) is 6.42. The van der Waals surface area contributed by atoms with E-state index in [2.05, 4.69) is 20.8 Å². The normalized spacial score (nSPS) is 22.9. The van der Waals surface area contributed by atoms with Crippen molar-refractivity contribution in [3.05, 3.63) is 0 Å². The Kier molecular flexibility index (Phi) is 3.57. The van der Waals surface area contributed by atoms with Gasteiger partial charge in [0.1, 0.15) is 0 Å². The highest BCUT2D eigenvalue weighted by Gasteiger charge is 2.28. The summed E-state index contributed by atoms with van der Waals surface area (Å²) in [7, 11) is 0. The summed E-state index contributed by atoms with van der Waals surface area (Å²) >= 11 is 0. The van der Waals surface area contributed by atoms with Crippen LogP contribution in [-0.2, 0) is 4.79 Å². The first kappa shape index (κ1) is 11.5. The second-order valence-electron chi connectivity index (χ2n) is 5.61. The predicted octanol–water partition coefficient (Wildman–Crippen LogP) is 2.68. The van der Waals surface area contributed by atoms with Gasteiger partial charge in [0.25, 0.3) is 0 Å². The molecule has 1 aliphatic rings. The van der Waals surface area contributed by atoms with E-state index in [0.717, 1.165) is 19.0 Å². The average Bonchev–Trinajstić information content (AvgIpc) is 2.48. The Morgan fingerprint density at radius 3 is 2.57 bits per heavy atom. The Hall–Kier alpha value is -0.530. The van der Waals surface area contributed by atoms with Gasteiger partial charge in [0.15, 0.2) is 0 Å². The largest absolute Gasteiger partial charge is 0.342 e. The predicted molar refractivity (Wildman–Crippen MR) is 59.1 cm³/mol. The molecule has 2 heteroatoms. The zero-order chi connectivity index (χ0) is 10.8. The quantitative estimate of drug-likeness (QED) is 0.666. The fraction of sp³-hybridized carbons (Fsp3) is 0.917. The first-order valence-electron chi connectivity index (χ1n) is 5.70. The zero-order valence-electron chi connectivity index (χ0n) is 9.97. The Morgan fingerprint density at radius 1 is 1.43 bits per heavy atom. The second kappa shape index (κ2) is 4.33. The van der Waals surface area contributed by atoms with Crippen molar-refractivity contribution in [1.29, 1.82) is 0 Å². The fourth-order valence-electron chi connectivity index (χ4n) is 2.32. The lowest BCUT2D eigenvalue weighted by molar-refractivity contribution is -0.129. The number of carbonyl (C=O) groups is 1. The molecule has 0 aliphatic carbocycles. The number of amides is 1. The van der Waals surface area contributed by atoms with Crippen LogP contribution in [0, 0.1) is 11.3 Å². The van der Waals surface area contributed by atoms with Crippen LogP contribution in [0.5, 0.6) is 0 Å². The summed E-state index contributed by atoms with van der Waals surface area (Å²) in [4.78, 5) is 13.5. The minimum atomic E-state index is 0.321. The van der Waals surface area contributed by atoms with Gasteiger partial charge in [-0.3, -0.25) is 4.79 Å². The monoisotopic (exact) mass is 197 g/mol. The zero-order valence-corrected chi connectivity index (χ0v) is 9.97. The van der Waals surface area contributed by atoms with Gasteiger partial charge in [0.2, 0.25) is 5.91 Å². The van der Waals surface area contributed by atoms with Gasteiger partial charge in [-0.25, -0.2) is 0 Å². The van der Waals surface area contributed by atoms with E-state index < -0.39 is 0 Å². The van der Waals surface area contributed by atoms with Crippen LogP contribution in [0.4, 0.5) is 0 Å². The molecule has 1 rings (SSSR count). The van der Waals surface area contributed by atoms with Crippen molar-refractivity contribution in [2.24, 2.45) is 11.3 Å². The van der Waals surface area contributed by atoms with Gasteiger partial charge >= 0.3 is 0 Å². The van der Waals surface area contributed by atoms with Crippen LogP contribution in [0.2, 0.25) is 0 Å². The maximum Gasteiger partial charge on any atom is 0.222 e. The maximum atomic E-state index is 11.5. The van der Waals surface area contributed by atoms with Crippen LogP contribution in [0.1, 0.15) is 47.0 Å². The van der Waals surface area contributed by atoms with Crippen molar-refractivity contribution in [3.8, 4) is 0 Å². The number of nitrogens with zero attached hydrogens (tertiary/aromatic N) is 1. The Balaban J connectivity index is 2.38. The molecule has 1 aliphatic heterocycles. The topological polar surface area (TPSA) is 20.3 Å². The molecule has 1 atom stereocenters. The molecule has 0 aromatic carbocycles. The van der Waals surface area contributed by atoms with E-state index in [0.29, 0.717) is 17.7 Å². The standard InChI is InChI=1S/C12H23NO/c1-5-11(14)13-7-6-10(9-13)8-12(2,3)4/h10H,5-9H2,1-4H3. The molecule has 0 bridgehead atoms. The average molecular weight is 197 g/mol. The molecule has 1 fully saturated rings. The lowest BCUT2D eigenvalue weighted by atomic mass is 9.84. The molecule has 1 saturated heterocycles. The van der Waals surface area contributed by atoms with Gasteiger partial charge in [-0.15, -0.1) is 0 Å². The van der Waals surface area contributed by atoms with E-state index in [1.165, 1.54) is 12.8 Å². The molecule has 0 aromatic heterocycles. The van der Waals surface area contributed by atoms with Gasteiger partial charge in [-0.1, -0.05) is 27.7 Å². The highest BCUT2D eigenvalue weighted by atomic mass is 16.2. The Labute approximate surface area is 87.7 Å². The highest BCUT2D eigenvalue weighted by Crippen LogP contribution is 2.30. The molecule has 1 amide bonds. The van der Waals surface area contributed by atoms with Gasteiger partial charge < -0.3 is 4.90 Å². The number of hydrogen-bond donors (Lipinski definition) is 0.